The first-order valence-electron chi connectivity index (χ1n) is 16.3. The minimum Gasteiger partial charge on any atom is -0.488 e. The summed E-state index contributed by atoms with van der Waals surface area (Å²) < 4.78 is 24.0. The minimum atomic E-state index is -1.03. The van der Waals surface area contributed by atoms with Crippen molar-refractivity contribution in [3.05, 3.63) is 141 Å². The van der Waals surface area contributed by atoms with Gasteiger partial charge in [0.15, 0.2) is 11.5 Å². The number of hydrogen-bond acceptors (Lipinski definition) is 8. The van der Waals surface area contributed by atoms with Crippen LogP contribution in [0.4, 0.5) is 0 Å². The number of fused-ring (bicyclic) bond motifs is 1. The number of nitrogens with one attached hydrogen (secondary N) is 1. The van der Waals surface area contributed by atoms with Crippen LogP contribution in [0.25, 0.3) is 11.1 Å². The summed E-state index contributed by atoms with van der Waals surface area (Å²) in [6, 6.07) is 32.6. The zero-order valence-corrected chi connectivity index (χ0v) is 28.6. The first kappa shape index (κ1) is 34.8. The average molecular weight is 700 g/mol. The maximum absolute atomic E-state index is 12.2. The molecule has 5 aromatic rings. The Balaban J connectivity index is 1.23. The Labute approximate surface area is 301 Å². The molecule has 1 unspecified atom stereocenters. The molecule has 0 fully saturated rings. The number of hydrogen-bond donors (Lipinski definition) is 2. The third-order valence-corrected chi connectivity index (χ3v) is 8.88. The lowest BCUT2D eigenvalue weighted by Crippen LogP contribution is -2.38. The molecule has 0 aromatic heterocycles. The van der Waals surface area contributed by atoms with Gasteiger partial charge in [0.05, 0.1) is 28.3 Å². The molecule has 256 valence electrons. The third kappa shape index (κ3) is 8.60. The monoisotopic (exact) mass is 699 g/mol. The summed E-state index contributed by atoms with van der Waals surface area (Å²) >= 11 is 6.78. The van der Waals surface area contributed by atoms with Crippen LogP contribution in [0.15, 0.2) is 97.1 Å². The van der Waals surface area contributed by atoms with E-state index in [1.807, 2.05) is 43.3 Å². The predicted molar refractivity (Wildman–Crippen MR) is 192 cm³/mol. The lowest BCUT2D eigenvalue weighted by atomic mass is 9.96. The molecule has 9 nitrogen and oxygen atoms in total. The molecule has 6 rings (SSSR count). The highest BCUT2D eigenvalue weighted by Gasteiger charge is 2.20. The van der Waals surface area contributed by atoms with E-state index < -0.39 is 12.0 Å². The summed E-state index contributed by atoms with van der Waals surface area (Å²) in [5, 5.41) is 32.1. The highest BCUT2D eigenvalue weighted by atomic mass is 35.5. The van der Waals surface area contributed by atoms with Gasteiger partial charge in [0, 0.05) is 18.2 Å². The van der Waals surface area contributed by atoms with Crippen LogP contribution in [-0.2, 0) is 31.0 Å². The standard InChI is InChI=1S/C41H34ClN3O6/c1-26-32(9-4-10-34(26)31-11-12-37-40(19-31)49-14-13-48-37)25-51-39-20-38(50-24-30-8-3-7-29(16-30)22-44)33(18-35(39)42)23-45-36(41(46)47)17-27-5-2-6-28(15-27)21-43/h2-12,15-16,18-20,36,45H,13-14,17,23-25H2,1H3,(H,46,47). The predicted octanol–water partition coefficient (Wildman–Crippen LogP) is 7.77. The zero-order valence-electron chi connectivity index (χ0n) is 27.8. The minimum absolute atomic E-state index is 0.124. The van der Waals surface area contributed by atoms with Crippen molar-refractivity contribution in [2.75, 3.05) is 13.2 Å². The van der Waals surface area contributed by atoms with Gasteiger partial charge in [-0.05, 0) is 89.2 Å². The summed E-state index contributed by atoms with van der Waals surface area (Å²) in [6.45, 7) is 3.59. The number of nitrogens with zero attached hydrogens (tertiary/aromatic N) is 2. The Hall–Kier alpha value is -6.00. The van der Waals surface area contributed by atoms with E-state index in [0.717, 1.165) is 44.9 Å². The van der Waals surface area contributed by atoms with Gasteiger partial charge in [0.25, 0.3) is 0 Å². The summed E-state index contributed by atoms with van der Waals surface area (Å²) in [7, 11) is 0. The second-order valence-corrected chi connectivity index (χ2v) is 12.4. The molecule has 1 atom stereocenters. The van der Waals surface area contributed by atoms with Crippen LogP contribution in [-0.4, -0.2) is 30.3 Å². The highest BCUT2D eigenvalue weighted by molar-refractivity contribution is 6.32. The van der Waals surface area contributed by atoms with Crippen LogP contribution in [0.3, 0.4) is 0 Å². The van der Waals surface area contributed by atoms with Crippen LogP contribution < -0.4 is 24.3 Å². The Kier molecular flexibility index (Phi) is 11.0. The number of aliphatic carboxylic acids is 1. The Morgan fingerprint density at radius 2 is 1.51 bits per heavy atom. The Bertz CT molecular complexity index is 2160. The fourth-order valence-electron chi connectivity index (χ4n) is 5.85. The summed E-state index contributed by atoms with van der Waals surface area (Å²) in [5.41, 5.74) is 7.15. The van der Waals surface area contributed by atoms with Crippen molar-refractivity contribution in [3.63, 3.8) is 0 Å². The van der Waals surface area contributed by atoms with E-state index in [4.69, 9.17) is 30.5 Å². The Morgan fingerprint density at radius 3 is 2.25 bits per heavy atom. The maximum Gasteiger partial charge on any atom is 0.321 e. The molecule has 0 radical (unpaired) electrons. The maximum atomic E-state index is 12.2. The van der Waals surface area contributed by atoms with Crippen molar-refractivity contribution in [2.45, 2.75) is 39.1 Å². The largest absolute Gasteiger partial charge is 0.488 e. The number of carboxylic acid groups (broad SMARTS) is 1. The lowest BCUT2D eigenvalue weighted by Gasteiger charge is -2.20. The Morgan fingerprint density at radius 1 is 0.824 bits per heavy atom. The van der Waals surface area contributed by atoms with E-state index in [2.05, 4.69) is 23.5 Å². The molecule has 0 saturated carbocycles. The SMILES string of the molecule is Cc1c(COc2cc(OCc3cccc(C#N)c3)c(CNC(Cc3cccc(C#N)c3)C(=O)O)cc2Cl)cccc1-c1ccc2c(c1)OCCO2. The van der Waals surface area contributed by atoms with Crippen LogP contribution in [0.5, 0.6) is 23.0 Å². The summed E-state index contributed by atoms with van der Waals surface area (Å²) in [5.74, 6) is 1.26. The van der Waals surface area contributed by atoms with Crippen LogP contribution in [0, 0.1) is 29.6 Å². The number of halogens is 1. The van der Waals surface area contributed by atoms with Crippen molar-refractivity contribution < 1.29 is 28.8 Å². The molecular weight excluding hydrogens is 666 g/mol. The van der Waals surface area contributed by atoms with Gasteiger partial charge in [0.2, 0.25) is 0 Å². The van der Waals surface area contributed by atoms with Crippen LogP contribution in [0.1, 0.15) is 38.9 Å². The molecule has 5 aromatic carbocycles. The van der Waals surface area contributed by atoms with Gasteiger partial charge in [-0.25, -0.2) is 0 Å². The molecule has 1 heterocycles. The molecular formula is C41H34ClN3O6. The second kappa shape index (κ2) is 16.1. The van der Waals surface area contributed by atoms with Crippen molar-refractivity contribution in [1.82, 2.24) is 5.32 Å². The van der Waals surface area contributed by atoms with Crippen LogP contribution >= 0.6 is 11.6 Å². The van der Waals surface area contributed by atoms with E-state index in [-0.39, 0.29) is 26.2 Å². The zero-order chi connectivity index (χ0) is 35.7. The number of benzene rings is 5. The van der Waals surface area contributed by atoms with E-state index >= 15 is 0 Å². The summed E-state index contributed by atoms with van der Waals surface area (Å²) in [6.07, 6.45) is 0.168. The van der Waals surface area contributed by atoms with Crippen LogP contribution in [0.2, 0.25) is 5.02 Å². The van der Waals surface area contributed by atoms with E-state index in [0.29, 0.717) is 46.4 Å². The fraction of sp³-hybridized carbons (Fsp3) is 0.195. The van der Waals surface area contributed by atoms with Gasteiger partial charge >= 0.3 is 5.97 Å². The molecule has 0 bridgehead atoms. The van der Waals surface area contributed by atoms with E-state index in [1.165, 1.54) is 0 Å². The van der Waals surface area contributed by atoms with E-state index in [1.54, 1.807) is 54.6 Å². The molecule has 2 N–H and O–H groups in total. The normalized spacial score (nSPS) is 12.3. The summed E-state index contributed by atoms with van der Waals surface area (Å²) in [4.78, 5) is 12.2. The molecule has 0 aliphatic carbocycles. The molecule has 0 spiro atoms. The number of nitriles is 2. The van der Waals surface area contributed by atoms with Crippen molar-refractivity contribution in [3.8, 4) is 46.3 Å². The molecule has 10 heteroatoms. The van der Waals surface area contributed by atoms with Crippen molar-refractivity contribution in [1.29, 1.82) is 10.5 Å². The number of ether oxygens (including phenoxy) is 4. The van der Waals surface area contributed by atoms with Gasteiger partial charge < -0.3 is 24.1 Å². The topological polar surface area (TPSA) is 134 Å². The average Bonchev–Trinajstić information content (AvgIpc) is 3.15. The number of carboxylic acids is 1. The second-order valence-electron chi connectivity index (χ2n) is 12.0. The van der Waals surface area contributed by atoms with Gasteiger partial charge in [-0.2, -0.15) is 10.5 Å². The molecule has 0 saturated heterocycles. The fourth-order valence-corrected chi connectivity index (χ4v) is 6.09. The first-order chi connectivity index (χ1) is 24.8. The smallest absolute Gasteiger partial charge is 0.321 e. The number of carbonyl (C=O) groups is 1. The van der Waals surface area contributed by atoms with Gasteiger partial charge in [0.1, 0.15) is 44.0 Å². The van der Waals surface area contributed by atoms with Crippen molar-refractivity contribution in [2.24, 2.45) is 0 Å². The molecule has 0 amide bonds. The molecule has 1 aliphatic rings. The third-order valence-electron chi connectivity index (χ3n) is 8.58. The van der Waals surface area contributed by atoms with Gasteiger partial charge in [-0.1, -0.05) is 60.1 Å². The molecule has 51 heavy (non-hydrogen) atoms. The van der Waals surface area contributed by atoms with Gasteiger partial charge in [-0.3, -0.25) is 10.1 Å². The highest BCUT2D eigenvalue weighted by Crippen LogP contribution is 2.37. The van der Waals surface area contributed by atoms with Crippen molar-refractivity contribution >= 4 is 17.6 Å². The number of rotatable bonds is 13. The van der Waals surface area contributed by atoms with E-state index in [9.17, 15) is 20.4 Å². The molecule has 1 aliphatic heterocycles. The quantitative estimate of drug-likeness (QED) is 0.126. The van der Waals surface area contributed by atoms with Gasteiger partial charge in [-0.15, -0.1) is 0 Å². The lowest BCUT2D eigenvalue weighted by molar-refractivity contribution is -0.139. The first-order valence-corrected chi connectivity index (χ1v) is 16.7.